The van der Waals surface area contributed by atoms with Crippen LogP contribution in [0.25, 0.3) is 0 Å². The second kappa shape index (κ2) is 5.90. The zero-order valence-corrected chi connectivity index (χ0v) is 9.77. The Morgan fingerprint density at radius 3 is 2.50 bits per heavy atom. The maximum Gasteiger partial charge on any atom is 0.119 e. The molecule has 1 aliphatic heterocycles. The summed E-state index contributed by atoms with van der Waals surface area (Å²) in [6.45, 7) is 7.31. The lowest BCUT2D eigenvalue weighted by atomic mass is 10.1. The molecule has 1 aromatic carbocycles. The summed E-state index contributed by atoms with van der Waals surface area (Å²) in [7, 11) is 0. The van der Waals surface area contributed by atoms with E-state index in [0.717, 1.165) is 44.6 Å². The van der Waals surface area contributed by atoms with E-state index >= 15 is 0 Å². The summed E-state index contributed by atoms with van der Waals surface area (Å²) in [4.78, 5) is 2.47. The Labute approximate surface area is 98.2 Å². The van der Waals surface area contributed by atoms with Crippen molar-refractivity contribution in [3.63, 3.8) is 0 Å². The van der Waals surface area contributed by atoms with E-state index in [-0.39, 0.29) is 0 Å². The van der Waals surface area contributed by atoms with Crippen LogP contribution in [0, 0.1) is 6.92 Å². The number of benzene rings is 1. The van der Waals surface area contributed by atoms with E-state index in [2.05, 4.69) is 11.8 Å². The lowest BCUT2D eigenvalue weighted by molar-refractivity contribution is 0.102. The molecule has 1 radical (unpaired) electrons. The first kappa shape index (κ1) is 11.5. The second-order valence-electron chi connectivity index (χ2n) is 4.33. The molecule has 87 valence electrons. The first-order chi connectivity index (χ1) is 7.88. The van der Waals surface area contributed by atoms with Crippen LogP contribution in [-0.4, -0.2) is 30.6 Å². The fraction of sp³-hybridized carbons (Fsp3) is 0.500. The number of piperidine rings is 1. The Bertz CT molecular complexity index is 291. The highest BCUT2D eigenvalue weighted by atomic mass is 16.5. The molecule has 1 fully saturated rings. The van der Waals surface area contributed by atoms with Crippen molar-refractivity contribution in [3.05, 3.63) is 37.3 Å². The topological polar surface area (TPSA) is 12.5 Å². The van der Waals surface area contributed by atoms with Gasteiger partial charge in [0.15, 0.2) is 0 Å². The van der Waals surface area contributed by atoms with E-state index in [9.17, 15) is 0 Å². The minimum Gasteiger partial charge on any atom is -0.490 e. The van der Waals surface area contributed by atoms with E-state index < -0.39 is 0 Å². The first-order valence-electron chi connectivity index (χ1n) is 6.12. The van der Waals surface area contributed by atoms with Gasteiger partial charge in [-0.2, -0.15) is 0 Å². The predicted octanol–water partition coefficient (Wildman–Crippen LogP) is 2.75. The average molecular weight is 218 g/mol. The molecule has 1 saturated heterocycles. The van der Waals surface area contributed by atoms with Gasteiger partial charge in [0.25, 0.3) is 0 Å². The van der Waals surface area contributed by atoms with Crippen LogP contribution in [0.5, 0.6) is 5.75 Å². The van der Waals surface area contributed by atoms with Crippen LogP contribution in [0.1, 0.15) is 19.3 Å². The van der Waals surface area contributed by atoms with Gasteiger partial charge in [-0.05, 0) is 37.9 Å². The third-order valence-electron chi connectivity index (χ3n) is 3.05. The summed E-state index contributed by atoms with van der Waals surface area (Å²) in [6, 6.07) is 10.1. The van der Waals surface area contributed by atoms with Crippen molar-refractivity contribution < 1.29 is 4.74 Å². The molecule has 16 heavy (non-hydrogen) atoms. The van der Waals surface area contributed by atoms with Crippen LogP contribution < -0.4 is 4.74 Å². The van der Waals surface area contributed by atoms with E-state index in [1.165, 1.54) is 0 Å². The zero-order valence-electron chi connectivity index (χ0n) is 9.77. The van der Waals surface area contributed by atoms with Crippen LogP contribution >= 0.6 is 0 Å². The Hall–Kier alpha value is -1.02. The molecule has 0 saturated carbocycles. The Morgan fingerprint density at radius 2 is 1.88 bits per heavy atom. The highest BCUT2D eigenvalue weighted by Gasteiger charge is 2.19. The predicted molar refractivity (Wildman–Crippen MR) is 66.5 cm³/mol. The van der Waals surface area contributed by atoms with Gasteiger partial charge in [0.2, 0.25) is 0 Å². The second-order valence-corrected chi connectivity index (χ2v) is 4.33. The molecule has 1 aliphatic rings. The minimum absolute atomic E-state index is 0.392. The number of likely N-dealkylation sites (tertiary alicyclic amines) is 1. The molecule has 0 atom stereocenters. The van der Waals surface area contributed by atoms with Gasteiger partial charge in [-0.1, -0.05) is 25.1 Å². The highest BCUT2D eigenvalue weighted by Crippen LogP contribution is 2.18. The fourth-order valence-electron chi connectivity index (χ4n) is 2.17. The molecule has 0 aliphatic carbocycles. The van der Waals surface area contributed by atoms with Crippen molar-refractivity contribution in [2.45, 2.75) is 25.4 Å². The number of hydrogen-bond donors (Lipinski definition) is 0. The lowest BCUT2D eigenvalue weighted by Gasteiger charge is -2.31. The third kappa shape index (κ3) is 3.24. The molecular weight excluding hydrogens is 198 g/mol. The monoisotopic (exact) mass is 218 g/mol. The molecule has 0 amide bonds. The number of hydrogen-bond acceptors (Lipinski definition) is 2. The largest absolute Gasteiger partial charge is 0.490 e. The van der Waals surface area contributed by atoms with Crippen molar-refractivity contribution in [1.29, 1.82) is 0 Å². The van der Waals surface area contributed by atoms with Gasteiger partial charge >= 0.3 is 0 Å². The van der Waals surface area contributed by atoms with E-state index in [4.69, 9.17) is 4.74 Å². The number of para-hydroxylation sites is 1. The van der Waals surface area contributed by atoms with E-state index in [0.29, 0.717) is 6.10 Å². The summed E-state index contributed by atoms with van der Waals surface area (Å²) in [5, 5.41) is 0. The number of nitrogens with zero attached hydrogens (tertiary/aromatic N) is 1. The van der Waals surface area contributed by atoms with Crippen LogP contribution in [0.15, 0.2) is 30.3 Å². The van der Waals surface area contributed by atoms with Gasteiger partial charge < -0.3 is 9.64 Å². The lowest BCUT2D eigenvalue weighted by Crippen LogP contribution is -2.38. The standard InChI is InChI=1S/C14H20NO/c1-2-10-15-11-8-14(9-12-15)16-13-6-4-3-5-7-13/h3-7,14H,1-2,8-12H2. The van der Waals surface area contributed by atoms with Crippen molar-refractivity contribution in [2.75, 3.05) is 19.6 Å². The summed E-state index contributed by atoms with van der Waals surface area (Å²) in [5.41, 5.74) is 0. The molecule has 0 spiro atoms. The van der Waals surface area contributed by atoms with Gasteiger partial charge in [0.1, 0.15) is 11.9 Å². The number of rotatable bonds is 4. The molecule has 2 nitrogen and oxygen atoms in total. The van der Waals surface area contributed by atoms with Gasteiger partial charge in [-0.3, -0.25) is 0 Å². The summed E-state index contributed by atoms with van der Waals surface area (Å²) in [5.74, 6) is 0.998. The Balaban J connectivity index is 1.77. The van der Waals surface area contributed by atoms with E-state index in [1.807, 2.05) is 30.3 Å². The quantitative estimate of drug-likeness (QED) is 0.770. The molecule has 0 unspecified atom stereocenters. The minimum atomic E-state index is 0.392. The zero-order chi connectivity index (χ0) is 11.2. The van der Waals surface area contributed by atoms with Gasteiger partial charge in [0.05, 0.1) is 0 Å². The molecule has 2 heteroatoms. The maximum atomic E-state index is 5.94. The average Bonchev–Trinajstić information content (AvgIpc) is 2.33. The van der Waals surface area contributed by atoms with Gasteiger partial charge in [-0.15, -0.1) is 0 Å². The Morgan fingerprint density at radius 1 is 1.19 bits per heavy atom. The van der Waals surface area contributed by atoms with Crippen LogP contribution in [0.4, 0.5) is 0 Å². The van der Waals surface area contributed by atoms with Crippen molar-refractivity contribution in [1.82, 2.24) is 4.90 Å². The molecule has 0 N–H and O–H groups in total. The summed E-state index contributed by atoms with van der Waals surface area (Å²) < 4.78 is 5.94. The normalized spacial score (nSPS) is 18.6. The summed E-state index contributed by atoms with van der Waals surface area (Å²) in [6.07, 6.45) is 3.66. The molecule has 1 aromatic rings. The van der Waals surface area contributed by atoms with Gasteiger partial charge in [0, 0.05) is 13.1 Å². The number of ether oxygens (including phenoxy) is 1. The van der Waals surface area contributed by atoms with Crippen LogP contribution in [0.2, 0.25) is 0 Å². The third-order valence-corrected chi connectivity index (χ3v) is 3.05. The highest BCUT2D eigenvalue weighted by molar-refractivity contribution is 5.21. The SMILES string of the molecule is [CH2]CCN1CCC(Oc2ccccc2)CC1. The van der Waals surface area contributed by atoms with Crippen molar-refractivity contribution in [3.8, 4) is 5.75 Å². The fourth-order valence-corrected chi connectivity index (χ4v) is 2.17. The molecule has 0 aromatic heterocycles. The summed E-state index contributed by atoms with van der Waals surface area (Å²) >= 11 is 0. The van der Waals surface area contributed by atoms with Gasteiger partial charge in [-0.25, -0.2) is 0 Å². The van der Waals surface area contributed by atoms with Crippen LogP contribution in [-0.2, 0) is 0 Å². The smallest absolute Gasteiger partial charge is 0.119 e. The molecule has 1 heterocycles. The maximum absolute atomic E-state index is 5.94. The van der Waals surface area contributed by atoms with E-state index in [1.54, 1.807) is 0 Å². The first-order valence-corrected chi connectivity index (χ1v) is 6.12. The molecular formula is C14H20NO. The molecule has 2 rings (SSSR count). The van der Waals surface area contributed by atoms with Crippen molar-refractivity contribution >= 4 is 0 Å². The van der Waals surface area contributed by atoms with Crippen molar-refractivity contribution in [2.24, 2.45) is 0 Å². The van der Waals surface area contributed by atoms with Crippen LogP contribution in [0.3, 0.4) is 0 Å². The Kier molecular flexibility index (Phi) is 4.23. The molecule has 0 bridgehead atoms.